The molecule has 0 spiro atoms. The lowest BCUT2D eigenvalue weighted by atomic mass is 9.90. The Morgan fingerprint density at radius 2 is 0.914 bits per heavy atom. The minimum absolute atomic E-state index is 0.0228. The fraction of sp³-hybridized carbons (Fsp3) is 0. The summed E-state index contributed by atoms with van der Waals surface area (Å²) in [5.74, 6) is -3.06. The summed E-state index contributed by atoms with van der Waals surface area (Å²) in [4.78, 5) is 53.3. The van der Waals surface area contributed by atoms with Crippen LogP contribution < -0.4 is 0 Å². The lowest BCUT2D eigenvalue weighted by Crippen LogP contribution is -2.49. The van der Waals surface area contributed by atoms with Crippen LogP contribution in [0, 0.1) is 0 Å². The van der Waals surface area contributed by atoms with Gasteiger partial charge in [0.2, 0.25) is 0 Å². The Labute approximate surface area is 204 Å². The van der Waals surface area contributed by atoms with Crippen LogP contribution in [0.15, 0.2) is 91.0 Å². The predicted octanol–water partition coefficient (Wildman–Crippen LogP) is 5.48. The van der Waals surface area contributed by atoms with Crippen molar-refractivity contribution in [2.45, 2.75) is 0 Å². The third-order valence-electron chi connectivity index (χ3n) is 6.24. The van der Waals surface area contributed by atoms with E-state index in [0.29, 0.717) is 15.6 Å². The maximum Gasteiger partial charge on any atom is 0.282 e. The van der Waals surface area contributed by atoms with Crippen molar-refractivity contribution in [3.05, 3.63) is 118 Å². The first-order valence-corrected chi connectivity index (χ1v) is 11.2. The van der Waals surface area contributed by atoms with E-state index in [-0.39, 0.29) is 27.3 Å². The Kier molecular flexibility index (Phi) is 4.65. The number of hydrazine groups is 1. The van der Waals surface area contributed by atoms with Crippen molar-refractivity contribution < 1.29 is 19.2 Å². The van der Waals surface area contributed by atoms with E-state index >= 15 is 0 Å². The predicted molar refractivity (Wildman–Crippen MR) is 130 cm³/mol. The monoisotopic (exact) mass is 478 g/mol. The number of amides is 4. The van der Waals surface area contributed by atoms with Crippen molar-refractivity contribution >= 4 is 35.2 Å². The molecule has 2 aliphatic rings. The van der Waals surface area contributed by atoms with Gasteiger partial charge in [-0.3, -0.25) is 19.2 Å². The molecule has 0 unspecified atom stereocenters. The number of hydrogen-bond acceptors (Lipinski definition) is 4. The highest BCUT2D eigenvalue weighted by Gasteiger charge is 2.50. The topological polar surface area (TPSA) is 74.8 Å². The quantitative estimate of drug-likeness (QED) is 0.365. The van der Waals surface area contributed by atoms with Gasteiger partial charge in [-0.15, -0.1) is 0 Å². The molecule has 0 saturated heterocycles. The standard InChI is InChI=1S/C28H15ClN2O4/c29-22-15-7-14-21-24(22)28(35)31(26(21)33)30-25(32)20-13-6-12-19(23(20)27(30)34)18-11-5-4-10-17(18)16-8-2-1-3-9-16/h1-15H. The van der Waals surface area contributed by atoms with Crippen molar-refractivity contribution in [3.8, 4) is 22.3 Å². The molecule has 2 heterocycles. The van der Waals surface area contributed by atoms with Crippen molar-refractivity contribution in [2.75, 3.05) is 0 Å². The van der Waals surface area contributed by atoms with Gasteiger partial charge in [0, 0.05) is 0 Å². The summed E-state index contributed by atoms with van der Waals surface area (Å²) in [5.41, 5.74) is 3.42. The molecule has 168 valence electrons. The molecule has 0 aromatic heterocycles. The average molecular weight is 479 g/mol. The zero-order chi connectivity index (χ0) is 24.3. The summed E-state index contributed by atoms with van der Waals surface area (Å²) in [5, 5.41) is 1.30. The molecule has 4 amide bonds. The molecular formula is C28H15ClN2O4. The maximum atomic E-state index is 13.7. The minimum Gasteiger partial charge on any atom is -0.267 e. The highest BCUT2D eigenvalue weighted by atomic mass is 35.5. The van der Waals surface area contributed by atoms with Crippen LogP contribution in [0.25, 0.3) is 22.3 Å². The summed E-state index contributed by atoms with van der Waals surface area (Å²) in [6, 6.07) is 26.7. The Bertz CT molecular complexity index is 1600. The highest BCUT2D eigenvalue weighted by molar-refractivity contribution is 6.38. The van der Waals surface area contributed by atoms with Crippen LogP contribution in [0.4, 0.5) is 0 Å². The van der Waals surface area contributed by atoms with Crippen LogP contribution >= 0.6 is 11.6 Å². The van der Waals surface area contributed by atoms with Crippen molar-refractivity contribution in [1.29, 1.82) is 0 Å². The largest absolute Gasteiger partial charge is 0.282 e. The molecule has 6 nitrogen and oxygen atoms in total. The van der Waals surface area contributed by atoms with Gasteiger partial charge >= 0.3 is 0 Å². The van der Waals surface area contributed by atoms with Gasteiger partial charge in [-0.2, -0.15) is 10.0 Å². The number of rotatable bonds is 3. The van der Waals surface area contributed by atoms with Gasteiger partial charge in [-0.25, -0.2) is 0 Å². The number of carbonyl (C=O) groups is 4. The van der Waals surface area contributed by atoms with Crippen LogP contribution in [-0.4, -0.2) is 33.6 Å². The molecule has 0 fully saturated rings. The van der Waals surface area contributed by atoms with Gasteiger partial charge in [0.25, 0.3) is 23.6 Å². The van der Waals surface area contributed by atoms with E-state index in [1.807, 2.05) is 54.6 Å². The molecule has 0 saturated carbocycles. The number of fused-ring (bicyclic) bond motifs is 2. The third-order valence-corrected chi connectivity index (χ3v) is 6.55. The molecule has 0 bridgehead atoms. The SMILES string of the molecule is O=C1c2cccc(Cl)c2C(=O)N1N1C(=O)c2cccc(-c3ccccc3-c3ccccc3)c2C1=O. The first kappa shape index (κ1) is 21.0. The van der Waals surface area contributed by atoms with Crippen LogP contribution in [-0.2, 0) is 0 Å². The van der Waals surface area contributed by atoms with E-state index in [4.69, 9.17) is 11.6 Å². The van der Waals surface area contributed by atoms with Gasteiger partial charge < -0.3 is 0 Å². The molecule has 0 N–H and O–H groups in total. The Hall–Kier alpha value is -4.55. The lowest BCUT2D eigenvalue weighted by Gasteiger charge is -2.23. The van der Waals surface area contributed by atoms with Gasteiger partial charge in [-0.1, -0.05) is 84.4 Å². The number of nitrogens with zero attached hydrogens (tertiary/aromatic N) is 2. The van der Waals surface area contributed by atoms with Crippen molar-refractivity contribution in [3.63, 3.8) is 0 Å². The third kappa shape index (κ3) is 2.97. The van der Waals surface area contributed by atoms with E-state index < -0.39 is 23.6 Å². The molecule has 35 heavy (non-hydrogen) atoms. The normalized spacial score (nSPS) is 14.5. The van der Waals surface area contributed by atoms with Gasteiger partial charge in [-0.05, 0) is 40.5 Å². The number of imide groups is 2. The average Bonchev–Trinajstić information content (AvgIpc) is 3.29. The maximum absolute atomic E-state index is 13.7. The summed E-state index contributed by atoms with van der Waals surface area (Å²) in [7, 11) is 0. The van der Waals surface area contributed by atoms with E-state index in [2.05, 4.69) is 0 Å². The summed E-state index contributed by atoms with van der Waals surface area (Å²) in [6.45, 7) is 0. The Morgan fingerprint density at radius 1 is 0.429 bits per heavy atom. The van der Waals surface area contributed by atoms with Crippen LogP contribution in [0.1, 0.15) is 41.4 Å². The van der Waals surface area contributed by atoms with Gasteiger partial charge in [0.05, 0.1) is 27.3 Å². The molecule has 2 aliphatic heterocycles. The van der Waals surface area contributed by atoms with E-state index in [0.717, 1.165) is 16.7 Å². The highest BCUT2D eigenvalue weighted by Crippen LogP contribution is 2.40. The summed E-state index contributed by atoms with van der Waals surface area (Å²) in [6.07, 6.45) is 0. The molecule has 0 aliphatic carbocycles. The summed E-state index contributed by atoms with van der Waals surface area (Å²) < 4.78 is 0. The van der Waals surface area contributed by atoms with E-state index in [1.54, 1.807) is 12.1 Å². The molecule has 4 aromatic rings. The first-order valence-electron chi connectivity index (χ1n) is 10.8. The second-order valence-corrected chi connectivity index (χ2v) is 8.55. The van der Waals surface area contributed by atoms with Crippen LogP contribution in [0.3, 0.4) is 0 Å². The number of benzene rings is 4. The Morgan fingerprint density at radius 3 is 1.57 bits per heavy atom. The fourth-order valence-corrected chi connectivity index (χ4v) is 4.94. The Balaban J connectivity index is 1.49. The molecule has 7 heteroatoms. The van der Waals surface area contributed by atoms with Gasteiger partial charge in [0.1, 0.15) is 0 Å². The number of carbonyl (C=O) groups excluding carboxylic acids is 4. The molecule has 0 radical (unpaired) electrons. The fourth-order valence-electron chi connectivity index (χ4n) is 4.68. The number of hydrogen-bond donors (Lipinski definition) is 0. The van der Waals surface area contributed by atoms with E-state index in [9.17, 15) is 19.2 Å². The van der Waals surface area contributed by atoms with Crippen LogP contribution in [0.2, 0.25) is 5.02 Å². The lowest BCUT2D eigenvalue weighted by molar-refractivity contribution is 0.00847. The van der Waals surface area contributed by atoms with Crippen molar-refractivity contribution in [2.24, 2.45) is 0 Å². The zero-order valence-electron chi connectivity index (χ0n) is 18.1. The van der Waals surface area contributed by atoms with Crippen molar-refractivity contribution in [1.82, 2.24) is 10.0 Å². The smallest absolute Gasteiger partial charge is 0.267 e. The zero-order valence-corrected chi connectivity index (χ0v) is 18.8. The molecule has 4 aromatic carbocycles. The van der Waals surface area contributed by atoms with Crippen LogP contribution in [0.5, 0.6) is 0 Å². The number of halogens is 1. The summed E-state index contributed by atoms with van der Waals surface area (Å²) >= 11 is 6.16. The second kappa shape index (κ2) is 7.75. The van der Waals surface area contributed by atoms with Gasteiger partial charge in [0.15, 0.2) is 0 Å². The molecule has 0 atom stereocenters. The molecular weight excluding hydrogens is 464 g/mol. The second-order valence-electron chi connectivity index (χ2n) is 8.15. The van der Waals surface area contributed by atoms with E-state index in [1.165, 1.54) is 24.3 Å². The minimum atomic E-state index is -0.809. The first-order chi connectivity index (χ1) is 17.0. The molecule has 6 rings (SSSR count).